The minimum absolute atomic E-state index is 0.142. The van der Waals surface area contributed by atoms with Gasteiger partial charge in [-0.2, -0.15) is 0 Å². The summed E-state index contributed by atoms with van der Waals surface area (Å²) in [7, 11) is 0. The topological polar surface area (TPSA) is 104 Å². The highest BCUT2D eigenvalue weighted by molar-refractivity contribution is 5.62. The molecule has 0 unspecified atom stereocenters. The maximum Gasteiger partial charge on any atom is 0.330 e. The third-order valence-corrected chi connectivity index (χ3v) is 3.04. The van der Waals surface area contributed by atoms with Gasteiger partial charge >= 0.3 is 5.69 Å². The molecule has 0 aromatic carbocycles. The fourth-order valence-electron chi connectivity index (χ4n) is 2.25. The maximum absolute atomic E-state index is 12.1. The number of nitrogens with two attached hydrogens (primary N) is 1. The van der Waals surface area contributed by atoms with Gasteiger partial charge in [0.25, 0.3) is 5.56 Å². The Balaban J connectivity index is 3.41. The van der Waals surface area contributed by atoms with E-state index in [-0.39, 0.29) is 24.0 Å². The molecular weight excluding hydrogens is 272 g/mol. The van der Waals surface area contributed by atoms with Crippen molar-refractivity contribution >= 4 is 11.5 Å². The molecule has 0 saturated carbocycles. The number of nitrogen functional groups attached to an aromatic ring is 1. The molecule has 0 aliphatic heterocycles. The SMILES string of the molecule is CCN(CC(C)(C)O)c1c(N)n(CC(C)C)c(=O)[nH]c1=O. The van der Waals surface area contributed by atoms with E-state index in [1.165, 1.54) is 4.57 Å². The number of aliphatic hydroxyl groups is 1. The lowest BCUT2D eigenvalue weighted by Crippen LogP contribution is -2.44. The Labute approximate surface area is 124 Å². The average molecular weight is 298 g/mol. The van der Waals surface area contributed by atoms with Crippen molar-refractivity contribution in [2.45, 2.75) is 46.8 Å². The molecule has 0 saturated heterocycles. The summed E-state index contributed by atoms with van der Waals surface area (Å²) in [5.74, 6) is 0.358. The molecule has 21 heavy (non-hydrogen) atoms. The zero-order valence-electron chi connectivity index (χ0n) is 13.4. The number of nitrogens with one attached hydrogen (secondary N) is 1. The van der Waals surface area contributed by atoms with Gasteiger partial charge in [-0.25, -0.2) is 4.79 Å². The molecule has 1 aromatic rings. The number of likely N-dealkylation sites (N-methyl/N-ethyl adjacent to an activating group) is 1. The lowest BCUT2D eigenvalue weighted by Gasteiger charge is -2.30. The van der Waals surface area contributed by atoms with Crippen LogP contribution in [-0.2, 0) is 6.54 Å². The average Bonchev–Trinajstić information content (AvgIpc) is 2.31. The number of H-pyrrole nitrogens is 1. The quantitative estimate of drug-likeness (QED) is 0.704. The molecule has 0 radical (unpaired) electrons. The Bertz CT molecular complexity index is 596. The fraction of sp³-hybridized carbons (Fsp3) is 0.714. The molecule has 120 valence electrons. The summed E-state index contributed by atoms with van der Waals surface area (Å²) in [6.45, 7) is 10.3. The summed E-state index contributed by atoms with van der Waals surface area (Å²) in [6, 6.07) is 0. The summed E-state index contributed by atoms with van der Waals surface area (Å²) in [4.78, 5) is 28.0. The molecule has 0 atom stereocenters. The van der Waals surface area contributed by atoms with Crippen LogP contribution >= 0.6 is 0 Å². The molecule has 0 fully saturated rings. The first-order chi connectivity index (χ1) is 9.56. The van der Waals surface area contributed by atoms with Crippen molar-refractivity contribution < 1.29 is 5.11 Å². The normalized spacial score (nSPS) is 12.0. The first-order valence-corrected chi connectivity index (χ1v) is 7.16. The molecule has 0 amide bonds. The van der Waals surface area contributed by atoms with Crippen LogP contribution in [0.15, 0.2) is 9.59 Å². The molecule has 7 heteroatoms. The largest absolute Gasteiger partial charge is 0.389 e. The Hall–Kier alpha value is -1.76. The second-order valence-electron chi connectivity index (χ2n) is 6.32. The standard InChI is InChI=1S/C14H26N4O3/c1-6-17(8-14(4,5)21)10-11(15)18(7-9(2)3)13(20)16-12(10)19/h9,21H,6-8,15H2,1-5H3,(H,16,19,20). The van der Waals surface area contributed by atoms with Crippen LogP contribution in [0.25, 0.3) is 0 Å². The predicted molar refractivity (Wildman–Crippen MR) is 84.8 cm³/mol. The number of aromatic amines is 1. The van der Waals surface area contributed by atoms with Crippen molar-refractivity contribution in [2.24, 2.45) is 5.92 Å². The van der Waals surface area contributed by atoms with E-state index in [9.17, 15) is 14.7 Å². The van der Waals surface area contributed by atoms with E-state index in [1.54, 1.807) is 18.7 Å². The van der Waals surface area contributed by atoms with Crippen LogP contribution in [0.3, 0.4) is 0 Å². The van der Waals surface area contributed by atoms with Crippen molar-refractivity contribution in [3.05, 3.63) is 20.8 Å². The molecule has 1 heterocycles. The van der Waals surface area contributed by atoms with Gasteiger partial charge in [0.2, 0.25) is 0 Å². The van der Waals surface area contributed by atoms with Crippen LogP contribution < -0.4 is 21.9 Å². The second kappa shape index (κ2) is 6.34. The number of aromatic nitrogens is 2. The second-order valence-corrected chi connectivity index (χ2v) is 6.32. The van der Waals surface area contributed by atoms with Gasteiger partial charge in [0.15, 0.2) is 0 Å². The van der Waals surface area contributed by atoms with Crippen LogP contribution in [0.5, 0.6) is 0 Å². The minimum atomic E-state index is -0.978. The van der Waals surface area contributed by atoms with E-state index < -0.39 is 16.9 Å². The molecule has 0 spiro atoms. The van der Waals surface area contributed by atoms with Crippen LogP contribution in [0.4, 0.5) is 11.5 Å². The van der Waals surface area contributed by atoms with E-state index in [2.05, 4.69) is 4.98 Å². The molecule has 1 rings (SSSR count). The maximum atomic E-state index is 12.1. The number of rotatable bonds is 6. The summed E-state index contributed by atoms with van der Waals surface area (Å²) in [6.07, 6.45) is 0. The van der Waals surface area contributed by atoms with Crippen molar-refractivity contribution in [3.8, 4) is 0 Å². The molecule has 7 nitrogen and oxygen atoms in total. The highest BCUT2D eigenvalue weighted by Crippen LogP contribution is 2.19. The zero-order valence-corrected chi connectivity index (χ0v) is 13.4. The number of hydrogen-bond donors (Lipinski definition) is 3. The monoisotopic (exact) mass is 298 g/mol. The summed E-state index contributed by atoms with van der Waals surface area (Å²) < 4.78 is 1.37. The Kier molecular flexibility index (Phi) is 5.22. The zero-order chi connectivity index (χ0) is 16.4. The summed E-state index contributed by atoms with van der Waals surface area (Å²) in [5.41, 5.74) is 4.28. The highest BCUT2D eigenvalue weighted by atomic mass is 16.3. The van der Waals surface area contributed by atoms with Crippen LogP contribution in [0.2, 0.25) is 0 Å². The molecule has 1 aromatic heterocycles. The Morgan fingerprint density at radius 2 is 1.95 bits per heavy atom. The molecule has 4 N–H and O–H groups in total. The number of hydrogen-bond acceptors (Lipinski definition) is 5. The third kappa shape index (κ3) is 4.35. The summed E-state index contributed by atoms with van der Waals surface area (Å²) in [5, 5.41) is 9.97. The molecule has 0 aliphatic carbocycles. The van der Waals surface area contributed by atoms with Crippen molar-refractivity contribution in [2.75, 3.05) is 23.7 Å². The first-order valence-electron chi connectivity index (χ1n) is 7.16. The fourth-order valence-corrected chi connectivity index (χ4v) is 2.25. The van der Waals surface area contributed by atoms with Crippen LogP contribution in [0.1, 0.15) is 34.6 Å². The lowest BCUT2D eigenvalue weighted by atomic mass is 10.1. The highest BCUT2D eigenvalue weighted by Gasteiger charge is 2.23. The third-order valence-electron chi connectivity index (χ3n) is 3.04. The van der Waals surface area contributed by atoms with Gasteiger partial charge in [-0.15, -0.1) is 0 Å². The predicted octanol–water partition coefficient (Wildman–Crippen LogP) is 0.372. The smallest absolute Gasteiger partial charge is 0.330 e. The van der Waals surface area contributed by atoms with Crippen LogP contribution in [-0.4, -0.2) is 33.3 Å². The van der Waals surface area contributed by atoms with E-state index in [0.717, 1.165) is 0 Å². The van der Waals surface area contributed by atoms with Crippen LogP contribution in [0, 0.1) is 5.92 Å². The molecular formula is C14H26N4O3. The summed E-state index contributed by atoms with van der Waals surface area (Å²) >= 11 is 0. The van der Waals surface area contributed by atoms with E-state index >= 15 is 0 Å². The van der Waals surface area contributed by atoms with Crippen molar-refractivity contribution in [1.82, 2.24) is 9.55 Å². The van der Waals surface area contributed by atoms with Gasteiger partial charge in [0.1, 0.15) is 11.5 Å². The lowest BCUT2D eigenvalue weighted by molar-refractivity contribution is 0.0875. The first kappa shape index (κ1) is 17.3. The van der Waals surface area contributed by atoms with Gasteiger partial charge in [-0.05, 0) is 26.7 Å². The van der Waals surface area contributed by atoms with Crippen molar-refractivity contribution in [3.63, 3.8) is 0 Å². The van der Waals surface area contributed by atoms with Gasteiger partial charge < -0.3 is 15.7 Å². The van der Waals surface area contributed by atoms with E-state index in [1.807, 2.05) is 20.8 Å². The molecule has 0 aliphatic rings. The Morgan fingerprint density at radius 1 is 1.38 bits per heavy atom. The van der Waals surface area contributed by atoms with E-state index in [4.69, 9.17) is 5.73 Å². The Morgan fingerprint density at radius 3 is 2.38 bits per heavy atom. The van der Waals surface area contributed by atoms with Gasteiger partial charge in [0.05, 0.1) is 5.60 Å². The number of anilines is 2. The molecule has 0 bridgehead atoms. The van der Waals surface area contributed by atoms with Crippen molar-refractivity contribution in [1.29, 1.82) is 0 Å². The van der Waals surface area contributed by atoms with Gasteiger partial charge in [-0.1, -0.05) is 13.8 Å². The van der Waals surface area contributed by atoms with E-state index in [0.29, 0.717) is 13.1 Å². The minimum Gasteiger partial charge on any atom is -0.389 e. The van der Waals surface area contributed by atoms with Gasteiger partial charge in [-0.3, -0.25) is 14.3 Å². The number of nitrogens with zero attached hydrogens (tertiary/aromatic N) is 2. The van der Waals surface area contributed by atoms with Gasteiger partial charge in [0, 0.05) is 19.6 Å².